The Balaban J connectivity index is 2.05. The van der Waals surface area contributed by atoms with Crippen molar-refractivity contribution in [1.82, 2.24) is 0 Å². The lowest BCUT2D eigenvalue weighted by Gasteiger charge is -2.16. The minimum absolute atomic E-state index is 0.00579. The van der Waals surface area contributed by atoms with Gasteiger partial charge in [0.25, 0.3) is 0 Å². The van der Waals surface area contributed by atoms with E-state index in [0.29, 0.717) is 11.5 Å². The van der Waals surface area contributed by atoms with E-state index in [0.717, 1.165) is 31.8 Å². The van der Waals surface area contributed by atoms with Crippen LogP contribution in [0.15, 0.2) is 18.2 Å². The first-order valence-corrected chi connectivity index (χ1v) is 8.85. The first-order valence-electron chi connectivity index (χ1n) is 8.85. The third-order valence-electron chi connectivity index (χ3n) is 4.69. The van der Waals surface area contributed by atoms with E-state index in [1.165, 1.54) is 31.4 Å². The van der Waals surface area contributed by atoms with E-state index < -0.39 is 40.2 Å². The summed E-state index contributed by atoms with van der Waals surface area (Å²) in [7, 11) is 1.45. The van der Waals surface area contributed by atoms with Crippen LogP contribution in [-0.2, 0) is 0 Å². The quantitative estimate of drug-likeness (QED) is 0.207. The van der Waals surface area contributed by atoms with Gasteiger partial charge in [0.2, 0.25) is 5.82 Å². The summed E-state index contributed by atoms with van der Waals surface area (Å²) in [6.07, 6.45) is 4.83. The molecule has 0 amide bonds. The van der Waals surface area contributed by atoms with Crippen LogP contribution in [-0.4, -0.2) is 13.2 Å². The Labute approximate surface area is 164 Å². The molecule has 0 aromatic heterocycles. The van der Waals surface area contributed by atoms with Crippen LogP contribution in [0.2, 0.25) is 0 Å². The maximum Gasteiger partial charge on any atom is 0.200 e. The molecule has 0 atom stereocenters. The van der Waals surface area contributed by atoms with E-state index in [1.807, 2.05) is 0 Å². The molecule has 2 aromatic carbocycles. The summed E-state index contributed by atoms with van der Waals surface area (Å²) in [5, 5.41) is 9.29. The van der Waals surface area contributed by atoms with Gasteiger partial charge in [0.15, 0.2) is 34.8 Å². The van der Waals surface area contributed by atoms with Gasteiger partial charge >= 0.3 is 0 Å². The van der Waals surface area contributed by atoms with Gasteiger partial charge in [0.1, 0.15) is 0 Å². The molecule has 1 saturated carbocycles. The SMILES string of the molecule is COc1ccc(/C=C(\C#N)c2c(F)c(F)c(F)c(F)c2F)cc1OC1CCCC1. The number of methoxy groups -OCH3 is 1. The molecule has 8 heteroatoms. The second-order valence-corrected chi connectivity index (χ2v) is 6.55. The molecule has 152 valence electrons. The van der Waals surface area contributed by atoms with Gasteiger partial charge in [0.05, 0.1) is 30.4 Å². The predicted octanol–water partition coefficient (Wildman–Crippen LogP) is 5.78. The van der Waals surface area contributed by atoms with Crippen molar-refractivity contribution in [3.05, 3.63) is 58.4 Å². The number of ether oxygens (including phenoxy) is 2. The van der Waals surface area contributed by atoms with E-state index in [-0.39, 0.29) is 11.7 Å². The van der Waals surface area contributed by atoms with Gasteiger partial charge < -0.3 is 9.47 Å². The molecule has 0 unspecified atom stereocenters. The van der Waals surface area contributed by atoms with Crippen molar-refractivity contribution in [2.24, 2.45) is 0 Å². The van der Waals surface area contributed by atoms with Crippen LogP contribution in [0, 0.1) is 40.4 Å². The third kappa shape index (κ3) is 4.04. The molecule has 0 spiro atoms. The number of hydrogen-bond donors (Lipinski definition) is 0. The van der Waals surface area contributed by atoms with Crippen LogP contribution in [0.3, 0.4) is 0 Å². The third-order valence-corrected chi connectivity index (χ3v) is 4.69. The summed E-state index contributed by atoms with van der Waals surface area (Å²) in [6, 6.07) is 5.99. The summed E-state index contributed by atoms with van der Waals surface area (Å²) < 4.78 is 79.5. The van der Waals surface area contributed by atoms with E-state index in [4.69, 9.17) is 9.47 Å². The van der Waals surface area contributed by atoms with Crippen molar-refractivity contribution >= 4 is 11.6 Å². The van der Waals surface area contributed by atoms with Gasteiger partial charge in [-0.05, 0) is 49.5 Å². The van der Waals surface area contributed by atoms with Gasteiger partial charge in [-0.2, -0.15) is 5.26 Å². The Kier molecular flexibility index (Phi) is 6.06. The smallest absolute Gasteiger partial charge is 0.200 e. The Morgan fingerprint density at radius 3 is 2.10 bits per heavy atom. The van der Waals surface area contributed by atoms with Crippen molar-refractivity contribution < 1.29 is 31.4 Å². The number of allylic oxidation sites excluding steroid dienone is 1. The Bertz CT molecular complexity index is 978. The fourth-order valence-electron chi connectivity index (χ4n) is 3.23. The molecule has 0 bridgehead atoms. The van der Waals surface area contributed by atoms with Crippen molar-refractivity contribution in [2.45, 2.75) is 31.8 Å². The zero-order valence-electron chi connectivity index (χ0n) is 15.4. The lowest BCUT2D eigenvalue weighted by Crippen LogP contribution is -2.11. The molecule has 3 rings (SSSR count). The summed E-state index contributed by atoms with van der Waals surface area (Å²) in [4.78, 5) is 0. The summed E-state index contributed by atoms with van der Waals surface area (Å²) in [5.41, 5.74) is -1.72. The lowest BCUT2D eigenvalue weighted by molar-refractivity contribution is 0.201. The Morgan fingerprint density at radius 1 is 0.966 bits per heavy atom. The molecule has 1 fully saturated rings. The highest BCUT2D eigenvalue weighted by Crippen LogP contribution is 2.34. The zero-order chi connectivity index (χ0) is 21.1. The molecule has 2 aromatic rings. The average Bonchev–Trinajstić information content (AvgIpc) is 3.23. The monoisotopic (exact) mass is 409 g/mol. The number of nitrogens with zero attached hydrogens (tertiary/aromatic N) is 1. The van der Waals surface area contributed by atoms with E-state index in [1.54, 1.807) is 0 Å². The molecule has 0 saturated heterocycles. The topological polar surface area (TPSA) is 42.2 Å². The van der Waals surface area contributed by atoms with Crippen LogP contribution in [0.1, 0.15) is 36.8 Å². The maximum absolute atomic E-state index is 14.1. The number of benzene rings is 2. The Hall–Kier alpha value is -3.08. The molecular weight excluding hydrogens is 393 g/mol. The largest absolute Gasteiger partial charge is 0.493 e. The first kappa shape index (κ1) is 20.6. The van der Waals surface area contributed by atoms with Crippen LogP contribution in [0.4, 0.5) is 22.0 Å². The number of nitriles is 1. The van der Waals surface area contributed by atoms with Crippen molar-refractivity contribution in [1.29, 1.82) is 5.26 Å². The summed E-state index contributed by atoms with van der Waals surface area (Å²) in [6.45, 7) is 0. The highest BCUT2D eigenvalue weighted by atomic mass is 19.2. The first-order chi connectivity index (χ1) is 13.9. The minimum atomic E-state index is -2.28. The summed E-state index contributed by atoms with van der Waals surface area (Å²) in [5.74, 6) is -9.85. The zero-order valence-corrected chi connectivity index (χ0v) is 15.4. The molecule has 29 heavy (non-hydrogen) atoms. The maximum atomic E-state index is 14.1. The van der Waals surface area contributed by atoms with Gasteiger partial charge in [-0.25, -0.2) is 22.0 Å². The van der Waals surface area contributed by atoms with E-state index >= 15 is 0 Å². The van der Waals surface area contributed by atoms with E-state index in [2.05, 4.69) is 0 Å². The number of hydrogen-bond acceptors (Lipinski definition) is 3. The van der Waals surface area contributed by atoms with E-state index in [9.17, 15) is 27.2 Å². The fraction of sp³-hybridized carbons (Fsp3) is 0.286. The highest BCUT2D eigenvalue weighted by molar-refractivity contribution is 5.90. The number of rotatable bonds is 5. The molecular formula is C21H16F5NO2. The average molecular weight is 409 g/mol. The molecule has 1 aliphatic rings. The van der Waals surface area contributed by atoms with Crippen molar-refractivity contribution in [2.75, 3.05) is 7.11 Å². The fourth-order valence-corrected chi connectivity index (χ4v) is 3.23. The van der Waals surface area contributed by atoms with Crippen molar-refractivity contribution in [3.63, 3.8) is 0 Å². The summed E-state index contributed by atoms with van der Waals surface area (Å²) >= 11 is 0. The van der Waals surface area contributed by atoms with Crippen LogP contribution in [0.5, 0.6) is 11.5 Å². The second kappa shape index (κ2) is 8.52. The standard InChI is InChI=1S/C21H16F5NO2/c1-28-14-7-6-11(9-15(14)29-13-4-2-3-5-13)8-12(10-27)16-17(22)19(24)21(26)20(25)18(16)23/h6-9,13H,2-5H2,1H3/b12-8+. The molecule has 0 aliphatic heterocycles. The highest BCUT2D eigenvalue weighted by Gasteiger charge is 2.28. The van der Waals surface area contributed by atoms with Gasteiger partial charge in [-0.1, -0.05) is 6.07 Å². The molecule has 0 heterocycles. The second-order valence-electron chi connectivity index (χ2n) is 6.55. The van der Waals surface area contributed by atoms with Crippen LogP contribution in [0.25, 0.3) is 11.6 Å². The van der Waals surface area contributed by atoms with Gasteiger partial charge in [-0.15, -0.1) is 0 Å². The van der Waals surface area contributed by atoms with Gasteiger partial charge in [0, 0.05) is 0 Å². The molecule has 0 radical (unpaired) electrons. The van der Waals surface area contributed by atoms with Crippen LogP contribution >= 0.6 is 0 Å². The lowest BCUT2D eigenvalue weighted by atomic mass is 10.0. The molecule has 1 aliphatic carbocycles. The molecule has 0 N–H and O–H groups in total. The minimum Gasteiger partial charge on any atom is -0.493 e. The molecule has 3 nitrogen and oxygen atoms in total. The Morgan fingerprint density at radius 2 is 1.55 bits per heavy atom. The number of halogens is 5. The van der Waals surface area contributed by atoms with Crippen molar-refractivity contribution in [3.8, 4) is 17.6 Å². The predicted molar refractivity (Wildman–Crippen MR) is 95.6 cm³/mol. The van der Waals surface area contributed by atoms with Crippen LogP contribution < -0.4 is 9.47 Å². The normalized spacial score (nSPS) is 14.7. The van der Waals surface area contributed by atoms with Gasteiger partial charge in [-0.3, -0.25) is 0 Å².